The maximum Gasteiger partial charge on any atom is 0.410 e. The van der Waals surface area contributed by atoms with Crippen LogP contribution in [0.1, 0.15) is 26.3 Å². The van der Waals surface area contributed by atoms with Crippen LogP contribution in [0.2, 0.25) is 0 Å². The fourth-order valence-corrected chi connectivity index (χ4v) is 3.46. The molecular formula is C22H35N5O4. The molecule has 2 aliphatic heterocycles. The summed E-state index contributed by atoms with van der Waals surface area (Å²) < 4.78 is 16.2. The normalized spacial score (nSPS) is 16.9. The number of carbonyl (C=O) groups excluding carboxylic acids is 1. The number of ether oxygens (including phenoxy) is 3. The van der Waals surface area contributed by atoms with Crippen molar-refractivity contribution in [2.75, 3.05) is 59.7 Å². The van der Waals surface area contributed by atoms with E-state index in [2.05, 4.69) is 26.6 Å². The molecule has 1 aromatic rings. The van der Waals surface area contributed by atoms with Gasteiger partial charge in [0.1, 0.15) is 5.60 Å². The second-order valence-electron chi connectivity index (χ2n) is 8.67. The third-order valence-electron chi connectivity index (χ3n) is 5.11. The standard InChI is InChI=1S/C22H35N5O4/c1-22(2,3)31-21(28)27-13-11-26(12-14-27)10-9-25-20(23-4)24-8-7-17-5-6-18-19(15-17)30-16-29-18/h5-6,15H,7-14,16H2,1-4H3,(H2,23,24,25). The lowest BCUT2D eigenvalue weighted by Crippen LogP contribution is -2.51. The number of carbonyl (C=O) groups is 1. The van der Waals surface area contributed by atoms with Crippen molar-refractivity contribution < 1.29 is 19.0 Å². The van der Waals surface area contributed by atoms with E-state index in [0.29, 0.717) is 19.9 Å². The average Bonchev–Trinajstić information content (AvgIpc) is 3.20. The number of fused-ring (bicyclic) bond motifs is 1. The van der Waals surface area contributed by atoms with E-state index in [1.54, 1.807) is 11.9 Å². The Bertz CT molecular complexity index is 770. The van der Waals surface area contributed by atoms with Crippen LogP contribution in [0.15, 0.2) is 23.2 Å². The summed E-state index contributed by atoms with van der Waals surface area (Å²) in [5.74, 6) is 2.40. The fraction of sp³-hybridized carbons (Fsp3) is 0.636. The van der Waals surface area contributed by atoms with Gasteiger partial charge in [-0.25, -0.2) is 4.79 Å². The highest BCUT2D eigenvalue weighted by atomic mass is 16.7. The third-order valence-corrected chi connectivity index (χ3v) is 5.11. The number of aliphatic imine (C=N–C) groups is 1. The molecule has 1 aromatic carbocycles. The molecule has 0 spiro atoms. The molecule has 0 saturated carbocycles. The Hall–Kier alpha value is -2.68. The van der Waals surface area contributed by atoms with Gasteiger partial charge in [0, 0.05) is 52.9 Å². The Morgan fingerprint density at radius 2 is 1.81 bits per heavy atom. The average molecular weight is 434 g/mol. The van der Waals surface area contributed by atoms with Gasteiger partial charge in [-0.2, -0.15) is 0 Å². The van der Waals surface area contributed by atoms with Crippen molar-refractivity contribution in [2.45, 2.75) is 32.8 Å². The van der Waals surface area contributed by atoms with Crippen molar-refractivity contribution in [3.05, 3.63) is 23.8 Å². The van der Waals surface area contributed by atoms with Gasteiger partial charge in [0.2, 0.25) is 6.79 Å². The lowest BCUT2D eigenvalue weighted by molar-refractivity contribution is 0.0147. The number of benzene rings is 1. The SMILES string of the molecule is CN=C(NCCc1ccc2c(c1)OCO2)NCCN1CCN(C(=O)OC(C)(C)C)CC1. The first-order chi connectivity index (χ1) is 14.8. The van der Waals surface area contributed by atoms with Crippen molar-refractivity contribution in [2.24, 2.45) is 4.99 Å². The summed E-state index contributed by atoms with van der Waals surface area (Å²) in [7, 11) is 1.77. The first-order valence-corrected chi connectivity index (χ1v) is 10.9. The Labute approximate surface area is 184 Å². The highest BCUT2D eigenvalue weighted by Gasteiger charge is 2.25. The van der Waals surface area contributed by atoms with Gasteiger partial charge in [0.25, 0.3) is 0 Å². The van der Waals surface area contributed by atoms with Crippen molar-refractivity contribution in [3.63, 3.8) is 0 Å². The van der Waals surface area contributed by atoms with Crippen molar-refractivity contribution in [1.29, 1.82) is 0 Å². The molecule has 2 aliphatic rings. The van der Waals surface area contributed by atoms with E-state index >= 15 is 0 Å². The van der Waals surface area contributed by atoms with Crippen LogP contribution in [0.25, 0.3) is 0 Å². The monoisotopic (exact) mass is 433 g/mol. The van der Waals surface area contributed by atoms with Crippen molar-refractivity contribution in [1.82, 2.24) is 20.4 Å². The van der Waals surface area contributed by atoms with Crippen LogP contribution in [-0.4, -0.2) is 87.1 Å². The van der Waals surface area contributed by atoms with Gasteiger partial charge in [0.05, 0.1) is 0 Å². The number of nitrogens with zero attached hydrogens (tertiary/aromatic N) is 3. The molecule has 31 heavy (non-hydrogen) atoms. The first kappa shape index (κ1) is 23.0. The first-order valence-electron chi connectivity index (χ1n) is 10.9. The number of guanidine groups is 1. The minimum Gasteiger partial charge on any atom is -0.454 e. The van der Waals surface area contributed by atoms with E-state index in [0.717, 1.165) is 56.6 Å². The molecule has 0 atom stereocenters. The lowest BCUT2D eigenvalue weighted by Gasteiger charge is -2.35. The van der Waals surface area contributed by atoms with Gasteiger partial charge < -0.3 is 29.7 Å². The maximum absolute atomic E-state index is 12.2. The van der Waals surface area contributed by atoms with Crippen LogP contribution >= 0.6 is 0 Å². The predicted octanol–water partition coefficient (Wildman–Crippen LogP) is 1.68. The quantitative estimate of drug-likeness (QED) is 0.521. The number of nitrogens with one attached hydrogen (secondary N) is 2. The summed E-state index contributed by atoms with van der Waals surface area (Å²) in [6.07, 6.45) is 0.640. The Morgan fingerprint density at radius 3 is 2.52 bits per heavy atom. The molecule has 0 aliphatic carbocycles. The molecule has 172 valence electrons. The van der Waals surface area contributed by atoms with Crippen LogP contribution in [0.4, 0.5) is 4.79 Å². The van der Waals surface area contributed by atoms with E-state index < -0.39 is 5.60 Å². The van der Waals surface area contributed by atoms with Gasteiger partial charge in [-0.05, 0) is 44.9 Å². The van der Waals surface area contributed by atoms with Gasteiger partial charge in [-0.3, -0.25) is 9.89 Å². The summed E-state index contributed by atoms with van der Waals surface area (Å²) in [5, 5.41) is 6.70. The van der Waals surface area contributed by atoms with Crippen LogP contribution in [0.3, 0.4) is 0 Å². The molecule has 2 N–H and O–H groups in total. The third kappa shape index (κ3) is 7.20. The number of rotatable bonds is 6. The van der Waals surface area contributed by atoms with Gasteiger partial charge in [-0.1, -0.05) is 6.07 Å². The number of amides is 1. The van der Waals surface area contributed by atoms with Crippen LogP contribution < -0.4 is 20.1 Å². The maximum atomic E-state index is 12.2. The zero-order valence-electron chi connectivity index (χ0n) is 19.1. The summed E-state index contributed by atoms with van der Waals surface area (Å²) in [4.78, 5) is 20.6. The molecule has 9 nitrogen and oxygen atoms in total. The van der Waals surface area contributed by atoms with E-state index in [1.165, 1.54) is 5.56 Å². The van der Waals surface area contributed by atoms with Crippen LogP contribution in [-0.2, 0) is 11.2 Å². The summed E-state index contributed by atoms with van der Waals surface area (Å²) >= 11 is 0. The zero-order valence-corrected chi connectivity index (χ0v) is 19.1. The molecule has 0 radical (unpaired) electrons. The summed E-state index contributed by atoms with van der Waals surface area (Å²) in [6.45, 7) is 11.5. The summed E-state index contributed by atoms with van der Waals surface area (Å²) in [6, 6.07) is 6.03. The van der Waals surface area contributed by atoms with E-state index in [-0.39, 0.29) is 6.09 Å². The smallest absolute Gasteiger partial charge is 0.410 e. The summed E-state index contributed by atoms with van der Waals surface area (Å²) in [5.41, 5.74) is 0.735. The van der Waals surface area contributed by atoms with E-state index in [4.69, 9.17) is 14.2 Å². The van der Waals surface area contributed by atoms with E-state index in [1.807, 2.05) is 32.9 Å². The number of hydrogen-bond donors (Lipinski definition) is 2. The highest BCUT2D eigenvalue weighted by molar-refractivity contribution is 5.79. The minimum absolute atomic E-state index is 0.225. The minimum atomic E-state index is -0.455. The topological polar surface area (TPSA) is 87.7 Å². The second-order valence-corrected chi connectivity index (χ2v) is 8.67. The molecular weight excluding hydrogens is 398 g/mol. The van der Waals surface area contributed by atoms with Crippen LogP contribution in [0, 0.1) is 0 Å². The fourth-order valence-electron chi connectivity index (χ4n) is 3.46. The Kier molecular flexibility index (Phi) is 7.84. The Morgan fingerprint density at radius 1 is 1.10 bits per heavy atom. The van der Waals surface area contributed by atoms with Gasteiger partial charge in [0.15, 0.2) is 17.5 Å². The number of hydrogen-bond acceptors (Lipinski definition) is 6. The molecule has 2 heterocycles. The van der Waals surface area contributed by atoms with Crippen LogP contribution in [0.5, 0.6) is 11.5 Å². The van der Waals surface area contributed by atoms with Gasteiger partial charge >= 0.3 is 6.09 Å². The Balaban J connectivity index is 1.30. The highest BCUT2D eigenvalue weighted by Crippen LogP contribution is 2.32. The van der Waals surface area contributed by atoms with E-state index in [9.17, 15) is 4.79 Å². The zero-order chi connectivity index (χ0) is 22.3. The van der Waals surface area contributed by atoms with Crippen molar-refractivity contribution >= 4 is 12.1 Å². The molecule has 1 fully saturated rings. The van der Waals surface area contributed by atoms with Gasteiger partial charge in [-0.15, -0.1) is 0 Å². The lowest BCUT2D eigenvalue weighted by atomic mass is 10.1. The largest absolute Gasteiger partial charge is 0.454 e. The second kappa shape index (κ2) is 10.6. The molecule has 0 aromatic heterocycles. The predicted molar refractivity (Wildman–Crippen MR) is 120 cm³/mol. The molecule has 9 heteroatoms. The molecule has 0 unspecified atom stereocenters. The molecule has 1 saturated heterocycles. The number of piperazine rings is 1. The molecule has 0 bridgehead atoms. The molecule has 3 rings (SSSR count). The molecule has 1 amide bonds. The van der Waals surface area contributed by atoms with Crippen molar-refractivity contribution in [3.8, 4) is 11.5 Å².